The Kier molecular flexibility index (Phi) is 6.57. The Hall–Kier alpha value is -2.89. The molecule has 1 atom stereocenters. The average molecular weight is 476 g/mol. The number of ether oxygens (including phenoxy) is 1. The van der Waals surface area contributed by atoms with Gasteiger partial charge in [0.15, 0.2) is 0 Å². The van der Waals surface area contributed by atoms with Gasteiger partial charge in [-0.25, -0.2) is 4.98 Å². The van der Waals surface area contributed by atoms with Crippen LogP contribution in [0.5, 0.6) is 5.88 Å². The Morgan fingerprint density at radius 3 is 2.71 bits per heavy atom. The molecule has 5 nitrogen and oxygen atoms in total. The van der Waals surface area contributed by atoms with Gasteiger partial charge < -0.3 is 15.4 Å². The number of nitrogens with zero attached hydrogens (tertiary/aromatic N) is 1. The molecule has 1 amide bonds. The van der Waals surface area contributed by atoms with Gasteiger partial charge in [-0.15, -0.1) is 0 Å². The molecule has 1 aliphatic heterocycles. The summed E-state index contributed by atoms with van der Waals surface area (Å²) in [7, 11) is 1.65. The fourth-order valence-corrected chi connectivity index (χ4v) is 5.53. The molecule has 1 unspecified atom stereocenters. The van der Waals surface area contributed by atoms with E-state index in [1.54, 1.807) is 7.11 Å². The maximum atomic E-state index is 11.4. The molecule has 1 fully saturated rings. The number of rotatable bonds is 7. The first-order valence-electron chi connectivity index (χ1n) is 12.0. The van der Waals surface area contributed by atoms with E-state index in [0.717, 1.165) is 58.8 Å². The third-order valence-electron chi connectivity index (χ3n) is 6.99. The molecule has 176 valence electrons. The predicted octanol–water partition coefficient (Wildman–Crippen LogP) is 5.24. The highest BCUT2D eigenvalue weighted by Gasteiger charge is 2.22. The van der Waals surface area contributed by atoms with Crippen LogP contribution in [0.1, 0.15) is 41.5 Å². The Morgan fingerprint density at radius 2 is 1.91 bits per heavy atom. The number of benzene rings is 2. The maximum Gasteiger partial charge on any atom is 0.220 e. The Labute approximate surface area is 205 Å². The number of fused-ring (bicyclic) bond motifs is 1. The van der Waals surface area contributed by atoms with Crippen LogP contribution >= 0.6 is 11.6 Å². The maximum absolute atomic E-state index is 11.4. The molecule has 5 rings (SSSR count). The zero-order chi connectivity index (χ0) is 23.7. The lowest BCUT2D eigenvalue weighted by molar-refractivity contribution is -0.119. The second kappa shape index (κ2) is 9.77. The van der Waals surface area contributed by atoms with Crippen LogP contribution in [0.4, 0.5) is 0 Å². The van der Waals surface area contributed by atoms with E-state index in [9.17, 15) is 4.79 Å². The molecule has 2 heterocycles. The Morgan fingerprint density at radius 1 is 1.12 bits per heavy atom. The van der Waals surface area contributed by atoms with Gasteiger partial charge in [0.25, 0.3) is 0 Å². The molecule has 34 heavy (non-hydrogen) atoms. The summed E-state index contributed by atoms with van der Waals surface area (Å²) in [4.78, 5) is 16.3. The number of methoxy groups -OCH3 is 1. The van der Waals surface area contributed by atoms with E-state index in [1.165, 1.54) is 23.1 Å². The molecular formula is C28H30ClN3O2. The third-order valence-corrected chi connectivity index (χ3v) is 7.40. The number of carbonyl (C=O) groups is 1. The lowest BCUT2D eigenvalue weighted by Crippen LogP contribution is -2.35. The van der Waals surface area contributed by atoms with E-state index in [0.29, 0.717) is 18.8 Å². The number of nitrogens with one attached hydrogen (secondary N) is 2. The number of aromatic nitrogens is 1. The molecule has 0 spiro atoms. The summed E-state index contributed by atoms with van der Waals surface area (Å²) in [5, 5.41) is 7.16. The number of amides is 1. The number of carbonyl (C=O) groups excluding carboxylic acids is 1. The third kappa shape index (κ3) is 4.42. The minimum absolute atomic E-state index is 0.131. The standard InChI is InChI=1S/C28H30ClN3O2/c1-17-14-25(32-28(34-2)24(17)16-30-15-19-12-13-26(33)31-19)23-11-5-10-22(27(23)29)21-9-4-7-18-6-3-8-20(18)21/h4-5,7,9-11,14,19,30H,3,6,8,12-13,15-16H2,1-2H3,(H,31,33). The molecule has 2 aromatic carbocycles. The molecule has 1 aliphatic carbocycles. The van der Waals surface area contributed by atoms with Gasteiger partial charge in [-0.3, -0.25) is 4.79 Å². The first-order chi connectivity index (χ1) is 16.5. The lowest BCUT2D eigenvalue weighted by Gasteiger charge is -2.17. The van der Waals surface area contributed by atoms with Crippen molar-refractivity contribution in [2.24, 2.45) is 0 Å². The zero-order valence-electron chi connectivity index (χ0n) is 19.7. The van der Waals surface area contributed by atoms with Crippen molar-refractivity contribution in [2.75, 3.05) is 13.7 Å². The first-order valence-corrected chi connectivity index (χ1v) is 12.4. The van der Waals surface area contributed by atoms with Crippen molar-refractivity contribution in [3.63, 3.8) is 0 Å². The van der Waals surface area contributed by atoms with Crippen LogP contribution in [0.2, 0.25) is 5.02 Å². The normalized spacial score (nSPS) is 17.0. The molecule has 6 heteroatoms. The molecule has 0 radical (unpaired) electrons. The number of hydrogen-bond donors (Lipinski definition) is 2. The van der Waals surface area contributed by atoms with Crippen LogP contribution in [0.25, 0.3) is 22.4 Å². The van der Waals surface area contributed by atoms with E-state index in [2.05, 4.69) is 54.0 Å². The minimum atomic E-state index is 0.131. The molecule has 3 aromatic rings. The van der Waals surface area contributed by atoms with Crippen LogP contribution in [0, 0.1) is 6.92 Å². The molecule has 0 saturated carbocycles. The van der Waals surface area contributed by atoms with Crippen molar-refractivity contribution in [3.05, 3.63) is 69.7 Å². The lowest BCUT2D eigenvalue weighted by atomic mass is 9.94. The summed E-state index contributed by atoms with van der Waals surface area (Å²) in [6.07, 6.45) is 4.92. The molecule has 1 aromatic heterocycles. The van der Waals surface area contributed by atoms with Crippen molar-refractivity contribution in [3.8, 4) is 28.3 Å². The summed E-state index contributed by atoms with van der Waals surface area (Å²) in [5.74, 6) is 0.728. The van der Waals surface area contributed by atoms with E-state index in [4.69, 9.17) is 21.3 Å². The highest BCUT2D eigenvalue weighted by molar-refractivity contribution is 6.36. The first kappa shape index (κ1) is 22.9. The van der Waals surface area contributed by atoms with E-state index < -0.39 is 0 Å². The van der Waals surface area contributed by atoms with E-state index in [-0.39, 0.29) is 11.9 Å². The van der Waals surface area contributed by atoms with Crippen molar-refractivity contribution in [1.82, 2.24) is 15.6 Å². The summed E-state index contributed by atoms with van der Waals surface area (Å²) < 4.78 is 5.68. The van der Waals surface area contributed by atoms with Gasteiger partial charge in [0, 0.05) is 42.2 Å². The zero-order valence-corrected chi connectivity index (χ0v) is 20.5. The summed E-state index contributed by atoms with van der Waals surface area (Å²) in [6, 6.07) is 15.0. The van der Waals surface area contributed by atoms with Crippen LogP contribution < -0.4 is 15.4 Å². The fourth-order valence-electron chi connectivity index (χ4n) is 5.20. The quantitative estimate of drug-likeness (QED) is 0.490. The summed E-state index contributed by atoms with van der Waals surface area (Å²) >= 11 is 7.01. The van der Waals surface area contributed by atoms with E-state index in [1.807, 2.05) is 6.07 Å². The van der Waals surface area contributed by atoms with Crippen molar-refractivity contribution in [1.29, 1.82) is 0 Å². The molecule has 1 saturated heterocycles. The second-order valence-corrected chi connectivity index (χ2v) is 9.59. The van der Waals surface area contributed by atoms with Gasteiger partial charge in [-0.1, -0.05) is 48.0 Å². The number of aryl methyl sites for hydroxylation is 2. The summed E-state index contributed by atoms with van der Waals surface area (Å²) in [5.41, 5.74) is 8.96. The smallest absolute Gasteiger partial charge is 0.220 e. The monoisotopic (exact) mass is 475 g/mol. The largest absolute Gasteiger partial charge is 0.481 e. The summed E-state index contributed by atoms with van der Waals surface area (Å²) in [6.45, 7) is 3.42. The fraction of sp³-hybridized carbons (Fsp3) is 0.357. The van der Waals surface area contributed by atoms with Gasteiger partial charge >= 0.3 is 0 Å². The Balaban J connectivity index is 1.43. The van der Waals surface area contributed by atoms with Crippen molar-refractivity contribution >= 4 is 17.5 Å². The van der Waals surface area contributed by atoms with Gasteiger partial charge in [0.05, 0.1) is 17.8 Å². The number of pyridine rings is 1. The van der Waals surface area contributed by atoms with Crippen LogP contribution in [0.15, 0.2) is 42.5 Å². The SMILES string of the molecule is COc1nc(-c2cccc(-c3cccc4c3CCC4)c2Cl)cc(C)c1CNCC1CCC(=O)N1. The number of hydrogen-bond acceptors (Lipinski definition) is 4. The van der Waals surface area contributed by atoms with Crippen LogP contribution in [-0.2, 0) is 24.2 Å². The van der Waals surface area contributed by atoms with Crippen LogP contribution in [0.3, 0.4) is 0 Å². The van der Waals surface area contributed by atoms with Crippen LogP contribution in [-0.4, -0.2) is 30.6 Å². The Bertz CT molecular complexity index is 1240. The highest BCUT2D eigenvalue weighted by Crippen LogP contribution is 2.40. The second-order valence-electron chi connectivity index (χ2n) is 9.21. The molecular weight excluding hydrogens is 446 g/mol. The average Bonchev–Trinajstić information content (AvgIpc) is 3.48. The topological polar surface area (TPSA) is 63.2 Å². The molecule has 0 bridgehead atoms. The van der Waals surface area contributed by atoms with Crippen molar-refractivity contribution in [2.45, 2.75) is 51.6 Å². The number of halogens is 1. The predicted molar refractivity (Wildman–Crippen MR) is 136 cm³/mol. The minimum Gasteiger partial charge on any atom is -0.481 e. The van der Waals surface area contributed by atoms with Gasteiger partial charge in [0.1, 0.15) is 0 Å². The molecule has 2 N–H and O–H groups in total. The van der Waals surface area contributed by atoms with Gasteiger partial charge in [-0.2, -0.15) is 0 Å². The van der Waals surface area contributed by atoms with Crippen molar-refractivity contribution < 1.29 is 9.53 Å². The van der Waals surface area contributed by atoms with Gasteiger partial charge in [0.2, 0.25) is 11.8 Å². The molecule has 2 aliphatic rings. The van der Waals surface area contributed by atoms with E-state index >= 15 is 0 Å². The van der Waals surface area contributed by atoms with Gasteiger partial charge in [-0.05, 0) is 60.9 Å². The highest BCUT2D eigenvalue weighted by atomic mass is 35.5.